The minimum Gasteiger partial charge on any atom is -0.408 e. The maximum absolute atomic E-state index is 11.8. The molecule has 3 nitrogen and oxygen atoms in total. The molecule has 3 heteroatoms. The minimum absolute atomic E-state index is 0.149. The van der Waals surface area contributed by atoms with Crippen molar-refractivity contribution in [2.24, 2.45) is 5.92 Å². The molecule has 0 saturated heterocycles. The summed E-state index contributed by atoms with van der Waals surface area (Å²) in [6.07, 6.45) is 0. The van der Waals surface area contributed by atoms with Gasteiger partial charge in [-0.05, 0) is 37.5 Å². The van der Waals surface area contributed by atoms with Crippen LogP contribution in [0.4, 0.5) is 0 Å². The maximum atomic E-state index is 11.8. The Hall–Kier alpha value is -1.51. The van der Waals surface area contributed by atoms with Crippen molar-refractivity contribution >= 4 is 11.1 Å². The van der Waals surface area contributed by atoms with Crippen molar-refractivity contribution in [2.45, 2.75) is 47.6 Å². The lowest BCUT2D eigenvalue weighted by Gasteiger charge is -2.16. The zero-order valence-corrected chi connectivity index (χ0v) is 12.2. The van der Waals surface area contributed by atoms with E-state index in [9.17, 15) is 4.79 Å². The third-order valence-electron chi connectivity index (χ3n) is 3.14. The molecule has 0 saturated carbocycles. The first kappa shape index (κ1) is 14.6. The molecule has 1 aromatic heterocycles. The van der Waals surface area contributed by atoms with E-state index in [0.29, 0.717) is 11.5 Å². The van der Waals surface area contributed by atoms with Crippen LogP contribution in [0.3, 0.4) is 0 Å². The van der Waals surface area contributed by atoms with E-state index in [0.717, 1.165) is 11.1 Å². The summed E-state index contributed by atoms with van der Waals surface area (Å²) in [5, 5.41) is 0. The maximum Gasteiger partial charge on any atom is 0.420 e. The minimum atomic E-state index is -0.262. The lowest BCUT2D eigenvalue weighted by Crippen LogP contribution is -2.21. The lowest BCUT2D eigenvalue weighted by atomic mass is 10.1. The second kappa shape index (κ2) is 5.89. The molecule has 1 aromatic carbocycles. The second-order valence-electron chi connectivity index (χ2n) is 4.69. The van der Waals surface area contributed by atoms with Crippen LogP contribution in [0.25, 0.3) is 11.1 Å². The average molecular weight is 249 g/mol. The largest absolute Gasteiger partial charge is 0.420 e. The Bertz CT molecular complexity index is 563. The number of oxazole rings is 1. The number of hydrogen-bond donors (Lipinski definition) is 0. The van der Waals surface area contributed by atoms with Gasteiger partial charge < -0.3 is 4.42 Å². The van der Waals surface area contributed by atoms with E-state index in [1.165, 1.54) is 0 Å². The zero-order valence-electron chi connectivity index (χ0n) is 12.2. The van der Waals surface area contributed by atoms with Crippen LogP contribution in [0.1, 0.15) is 46.2 Å². The van der Waals surface area contributed by atoms with E-state index in [2.05, 4.69) is 13.8 Å². The average Bonchev–Trinajstić information content (AvgIpc) is 2.65. The third-order valence-corrected chi connectivity index (χ3v) is 3.14. The molecule has 1 heterocycles. The van der Waals surface area contributed by atoms with Gasteiger partial charge in [0.25, 0.3) is 0 Å². The molecule has 18 heavy (non-hydrogen) atoms. The van der Waals surface area contributed by atoms with Crippen molar-refractivity contribution in [1.82, 2.24) is 4.57 Å². The van der Waals surface area contributed by atoms with Crippen LogP contribution in [-0.4, -0.2) is 4.57 Å². The summed E-state index contributed by atoms with van der Waals surface area (Å²) in [4.78, 5) is 11.8. The van der Waals surface area contributed by atoms with Crippen LogP contribution >= 0.6 is 0 Å². The first-order valence-corrected chi connectivity index (χ1v) is 6.62. The monoisotopic (exact) mass is 249 g/mol. The summed E-state index contributed by atoms with van der Waals surface area (Å²) in [6, 6.07) is 6.01. The number of benzene rings is 1. The highest BCUT2D eigenvalue weighted by Crippen LogP contribution is 2.22. The van der Waals surface area contributed by atoms with Crippen molar-refractivity contribution in [1.29, 1.82) is 0 Å². The molecule has 0 N–H and O–H groups in total. The quantitative estimate of drug-likeness (QED) is 0.801. The predicted molar refractivity (Wildman–Crippen MR) is 76.1 cm³/mol. The highest BCUT2D eigenvalue weighted by molar-refractivity contribution is 5.73. The standard InChI is InChI=1S/C13H17NO2.C2H6/c1-8(2)10(4)14-11-6-5-9(3)7-12(11)16-13(14)15;1-2/h5-8,10H,1-4H3;1-2H3. The van der Waals surface area contributed by atoms with E-state index in [1.54, 1.807) is 4.57 Å². The Morgan fingerprint density at radius 2 is 1.78 bits per heavy atom. The van der Waals surface area contributed by atoms with Gasteiger partial charge in [0.15, 0.2) is 5.58 Å². The first-order chi connectivity index (χ1) is 8.50. The highest BCUT2D eigenvalue weighted by atomic mass is 16.4. The number of fused-ring (bicyclic) bond motifs is 1. The fourth-order valence-electron chi connectivity index (χ4n) is 1.83. The van der Waals surface area contributed by atoms with Gasteiger partial charge in [0.2, 0.25) is 0 Å². The van der Waals surface area contributed by atoms with Gasteiger partial charge in [0.05, 0.1) is 5.52 Å². The molecular weight excluding hydrogens is 226 g/mol. The van der Waals surface area contributed by atoms with Crippen molar-refractivity contribution in [3.05, 3.63) is 34.3 Å². The molecule has 2 rings (SSSR count). The smallest absolute Gasteiger partial charge is 0.408 e. The van der Waals surface area contributed by atoms with Crippen molar-refractivity contribution in [3.63, 3.8) is 0 Å². The normalized spacial score (nSPS) is 12.4. The summed E-state index contributed by atoms with van der Waals surface area (Å²) in [7, 11) is 0. The van der Waals surface area contributed by atoms with Gasteiger partial charge in [0.1, 0.15) is 0 Å². The number of hydrogen-bond acceptors (Lipinski definition) is 2. The molecular formula is C15H23NO2. The zero-order chi connectivity index (χ0) is 13.9. The third kappa shape index (κ3) is 2.66. The van der Waals surface area contributed by atoms with Gasteiger partial charge in [-0.25, -0.2) is 4.79 Å². The van der Waals surface area contributed by atoms with E-state index in [-0.39, 0.29) is 11.8 Å². The number of aryl methyl sites for hydroxylation is 1. The van der Waals surface area contributed by atoms with E-state index < -0.39 is 0 Å². The van der Waals surface area contributed by atoms with Crippen LogP contribution < -0.4 is 5.76 Å². The topological polar surface area (TPSA) is 35.1 Å². The molecule has 0 radical (unpaired) electrons. The number of aromatic nitrogens is 1. The van der Waals surface area contributed by atoms with E-state index >= 15 is 0 Å². The molecule has 0 bridgehead atoms. The fraction of sp³-hybridized carbons (Fsp3) is 0.533. The van der Waals surface area contributed by atoms with Gasteiger partial charge in [-0.2, -0.15) is 0 Å². The Balaban J connectivity index is 0.000000771. The molecule has 0 spiro atoms. The molecule has 2 aromatic rings. The summed E-state index contributed by atoms with van der Waals surface area (Å²) < 4.78 is 6.99. The number of rotatable bonds is 2. The lowest BCUT2D eigenvalue weighted by molar-refractivity contribution is 0.378. The van der Waals surface area contributed by atoms with E-state index in [4.69, 9.17) is 4.42 Å². The van der Waals surface area contributed by atoms with Gasteiger partial charge in [0, 0.05) is 6.04 Å². The van der Waals surface area contributed by atoms with Crippen LogP contribution in [0.2, 0.25) is 0 Å². The molecule has 0 amide bonds. The Morgan fingerprint density at radius 3 is 2.33 bits per heavy atom. The molecule has 1 unspecified atom stereocenters. The summed E-state index contributed by atoms with van der Waals surface area (Å²) in [6.45, 7) is 12.2. The van der Waals surface area contributed by atoms with Crippen LogP contribution in [0, 0.1) is 12.8 Å². The SMILES string of the molecule is CC.Cc1ccc2c(c1)oc(=O)n2C(C)C(C)C. The van der Waals surface area contributed by atoms with Crippen molar-refractivity contribution in [3.8, 4) is 0 Å². The summed E-state index contributed by atoms with van der Waals surface area (Å²) >= 11 is 0. The Morgan fingerprint density at radius 1 is 1.17 bits per heavy atom. The Kier molecular flexibility index (Phi) is 4.76. The highest BCUT2D eigenvalue weighted by Gasteiger charge is 2.17. The molecule has 100 valence electrons. The Labute approximate surface area is 108 Å². The predicted octanol–water partition coefficient (Wildman–Crippen LogP) is 4.15. The van der Waals surface area contributed by atoms with E-state index in [1.807, 2.05) is 45.9 Å². The second-order valence-corrected chi connectivity index (χ2v) is 4.69. The molecule has 0 aliphatic heterocycles. The number of nitrogens with zero attached hydrogens (tertiary/aromatic N) is 1. The van der Waals surface area contributed by atoms with Crippen molar-refractivity contribution < 1.29 is 4.42 Å². The summed E-state index contributed by atoms with van der Waals surface area (Å²) in [5.41, 5.74) is 2.67. The van der Waals surface area contributed by atoms with Gasteiger partial charge in [-0.3, -0.25) is 4.57 Å². The summed E-state index contributed by atoms with van der Waals surface area (Å²) in [5.74, 6) is 0.140. The fourth-order valence-corrected chi connectivity index (χ4v) is 1.83. The van der Waals surface area contributed by atoms with Crippen molar-refractivity contribution in [2.75, 3.05) is 0 Å². The molecule has 1 atom stereocenters. The van der Waals surface area contributed by atoms with Gasteiger partial charge >= 0.3 is 5.76 Å². The van der Waals surface area contributed by atoms with Gasteiger partial charge in [-0.1, -0.05) is 33.8 Å². The molecule has 0 fully saturated rings. The van der Waals surface area contributed by atoms with Crippen LogP contribution in [0.15, 0.2) is 27.4 Å². The molecule has 0 aliphatic carbocycles. The van der Waals surface area contributed by atoms with Crippen LogP contribution in [-0.2, 0) is 0 Å². The van der Waals surface area contributed by atoms with Crippen LogP contribution in [0.5, 0.6) is 0 Å². The molecule has 0 aliphatic rings. The van der Waals surface area contributed by atoms with Gasteiger partial charge in [-0.15, -0.1) is 0 Å². The first-order valence-electron chi connectivity index (χ1n) is 6.62.